The average Bonchev–Trinajstić information content (AvgIpc) is 2.79. The number of carbonyl (C=O) groups is 2. The molecule has 0 atom stereocenters. The molecular formula is C23H28ClFN2O6. The van der Waals surface area contributed by atoms with Gasteiger partial charge in [-0.25, -0.2) is 4.39 Å². The van der Waals surface area contributed by atoms with Gasteiger partial charge < -0.3 is 24.1 Å². The zero-order chi connectivity index (χ0) is 24.5. The second kappa shape index (κ2) is 12.5. The number of carbonyl (C=O) groups excluding carboxylic acids is 2. The van der Waals surface area contributed by atoms with E-state index in [0.717, 1.165) is 6.42 Å². The first-order valence-corrected chi connectivity index (χ1v) is 10.8. The van der Waals surface area contributed by atoms with Crippen LogP contribution in [0.2, 0.25) is 5.02 Å². The summed E-state index contributed by atoms with van der Waals surface area (Å²) < 4.78 is 31.0. The van der Waals surface area contributed by atoms with Gasteiger partial charge in [0.1, 0.15) is 5.82 Å². The number of halogens is 2. The molecule has 2 aromatic rings. The second-order valence-corrected chi connectivity index (χ2v) is 7.70. The maximum Gasteiger partial charge on any atom is 0.272 e. The van der Waals surface area contributed by atoms with Gasteiger partial charge >= 0.3 is 0 Å². The fourth-order valence-electron chi connectivity index (χ4n) is 3.04. The third-order valence-electron chi connectivity index (χ3n) is 4.89. The molecule has 1 aromatic heterocycles. The van der Waals surface area contributed by atoms with Crippen molar-refractivity contribution in [3.05, 3.63) is 62.3 Å². The molecule has 0 bridgehead atoms. The van der Waals surface area contributed by atoms with Gasteiger partial charge in [0.15, 0.2) is 23.5 Å². The number of amides is 1. The van der Waals surface area contributed by atoms with Gasteiger partial charge in [-0.15, -0.1) is 0 Å². The summed E-state index contributed by atoms with van der Waals surface area (Å²) >= 11 is 5.81. The van der Waals surface area contributed by atoms with E-state index < -0.39 is 29.2 Å². The molecule has 0 saturated heterocycles. The summed E-state index contributed by atoms with van der Waals surface area (Å²) in [5.74, 6) is -1.89. The molecule has 180 valence electrons. The van der Waals surface area contributed by atoms with Crippen molar-refractivity contribution in [3.63, 3.8) is 0 Å². The van der Waals surface area contributed by atoms with E-state index in [0.29, 0.717) is 12.0 Å². The molecule has 0 aliphatic rings. The van der Waals surface area contributed by atoms with Gasteiger partial charge in [0, 0.05) is 27.0 Å². The molecule has 0 saturated carbocycles. The summed E-state index contributed by atoms with van der Waals surface area (Å²) in [6, 6.07) is 4.08. The van der Waals surface area contributed by atoms with Crippen molar-refractivity contribution in [2.75, 3.05) is 20.8 Å². The molecule has 0 aliphatic carbocycles. The van der Waals surface area contributed by atoms with E-state index in [1.807, 2.05) is 6.92 Å². The molecular weight excluding hydrogens is 455 g/mol. The monoisotopic (exact) mass is 482 g/mol. The third-order valence-corrected chi connectivity index (χ3v) is 5.18. The van der Waals surface area contributed by atoms with E-state index in [1.54, 1.807) is 0 Å². The minimum atomic E-state index is -0.752. The Hall–Kier alpha value is -2.75. The van der Waals surface area contributed by atoms with Crippen LogP contribution in [0.5, 0.6) is 5.75 Å². The van der Waals surface area contributed by atoms with Crippen LogP contribution in [0.25, 0.3) is 0 Å². The minimum Gasteiger partial charge on any atom is -0.487 e. The molecule has 10 heteroatoms. The summed E-state index contributed by atoms with van der Waals surface area (Å²) in [7, 11) is 2.86. The van der Waals surface area contributed by atoms with Crippen LogP contribution in [-0.4, -0.2) is 43.4 Å². The van der Waals surface area contributed by atoms with E-state index in [-0.39, 0.29) is 41.7 Å². The molecule has 0 fully saturated rings. The fourth-order valence-corrected chi connectivity index (χ4v) is 3.24. The molecule has 0 unspecified atom stereocenters. The number of hydrogen-bond donors (Lipinski definition) is 1. The molecule has 1 aromatic carbocycles. The first kappa shape index (κ1) is 26.5. The highest BCUT2D eigenvalue weighted by molar-refractivity contribution is 6.30. The van der Waals surface area contributed by atoms with E-state index in [2.05, 4.69) is 5.32 Å². The van der Waals surface area contributed by atoms with Gasteiger partial charge in [0.2, 0.25) is 5.43 Å². The number of unbranched alkanes of at least 4 members (excludes halogenated alkanes) is 1. The van der Waals surface area contributed by atoms with E-state index in [1.165, 1.54) is 50.1 Å². The Morgan fingerprint density at radius 1 is 1.24 bits per heavy atom. The van der Waals surface area contributed by atoms with Crippen LogP contribution in [0.3, 0.4) is 0 Å². The SMILES string of the molecule is CCCCOc1c(C(=O)NCc2ccc(F)c(Cl)c2)n(CC(OC)OC)cc(C(C)=O)c1=O. The maximum atomic E-state index is 13.4. The lowest BCUT2D eigenvalue weighted by atomic mass is 10.1. The lowest BCUT2D eigenvalue weighted by molar-refractivity contribution is -0.111. The van der Waals surface area contributed by atoms with Crippen LogP contribution in [-0.2, 0) is 22.6 Å². The summed E-state index contributed by atoms with van der Waals surface area (Å²) in [6.07, 6.45) is 2.00. The molecule has 8 nitrogen and oxygen atoms in total. The number of methoxy groups -OCH3 is 2. The molecule has 0 radical (unpaired) electrons. The maximum absolute atomic E-state index is 13.4. The largest absolute Gasteiger partial charge is 0.487 e. The van der Waals surface area contributed by atoms with Crippen LogP contribution in [0.4, 0.5) is 4.39 Å². The van der Waals surface area contributed by atoms with Crippen molar-refractivity contribution in [1.82, 2.24) is 9.88 Å². The lowest BCUT2D eigenvalue weighted by Crippen LogP contribution is -2.34. The molecule has 1 amide bonds. The third kappa shape index (κ3) is 6.86. The van der Waals surface area contributed by atoms with Gasteiger partial charge in [-0.05, 0) is 31.0 Å². The van der Waals surface area contributed by atoms with Gasteiger partial charge in [0.05, 0.1) is 23.7 Å². The number of ether oxygens (including phenoxy) is 3. The number of benzene rings is 1. The van der Waals surface area contributed by atoms with Crippen molar-refractivity contribution in [3.8, 4) is 5.75 Å². The Balaban J connectivity index is 2.52. The first-order chi connectivity index (χ1) is 15.7. The number of pyridine rings is 1. The Bertz CT molecular complexity index is 1050. The van der Waals surface area contributed by atoms with Crippen molar-refractivity contribution in [1.29, 1.82) is 0 Å². The number of nitrogens with one attached hydrogen (secondary N) is 1. The first-order valence-electron chi connectivity index (χ1n) is 10.4. The lowest BCUT2D eigenvalue weighted by Gasteiger charge is -2.22. The number of aromatic nitrogens is 1. The van der Waals surface area contributed by atoms with Crippen molar-refractivity contribution in [2.24, 2.45) is 0 Å². The summed E-state index contributed by atoms with van der Waals surface area (Å²) in [6.45, 7) is 3.45. The van der Waals surface area contributed by atoms with E-state index >= 15 is 0 Å². The summed E-state index contributed by atoms with van der Waals surface area (Å²) in [5, 5.41) is 2.62. The zero-order valence-corrected chi connectivity index (χ0v) is 19.8. The van der Waals surface area contributed by atoms with Crippen LogP contribution in [0.1, 0.15) is 53.1 Å². The number of Topliss-reactive ketones (excluding diaryl/α,β-unsaturated/α-hetero) is 1. The summed E-state index contributed by atoms with van der Waals surface area (Å²) in [4.78, 5) is 38.3. The highest BCUT2D eigenvalue weighted by Gasteiger charge is 2.26. The molecule has 1 heterocycles. The highest BCUT2D eigenvalue weighted by atomic mass is 35.5. The van der Waals surface area contributed by atoms with Crippen LogP contribution >= 0.6 is 11.6 Å². The molecule has 2 rings (SSSR count). The number of nitrogens with zero attached hydrogens (tertiary/aromatic N) is 1. The van der Waals surface area contributed by atoms with Crippen molar-refractivity contribution in [2.45, 2.75) is 46.1 Å². The Kier molecular flexibility index (Phi) is 10.0. The zero-order valence-electron chi connectivity index (χ0n) is 19.1. The van der Waals surface area contributed by atoms with E-state index in [9.17, 15) is 18.8 Å². The van der Waals surface area contributed by atoms with Gasteiger partial charge in [-0.3, -0.25) is 14.4 Å². The van der Waals surface area contributed by atoms with Gasteiger partial charge in [-0.2, -0.15) is 0 Å². The van der Waals surface area contributed by atoms with Crippen LogP contribution in [0, 0.1) is 5.82 Å². The van der Waals surface area contributed by atoms with Crippen molar-refractivity contribution >= 4 is 23.3 Å². The molecule has 0 aliphatic heterocycles. The minimum absolute atomic E-state index is 0.0167. The molecule has 0 spiro atoms. The average molecular weight is 483 g/mol. The van der Waals surface area contributed by atoms with E-state index in [4.69, 9.17) is 25.8 Å². The number of ketones is 1. The number of hydrogen-bond acceptors (Lipinski definition) is 6. The Morgan fingerprint density at radius 3 is 2.52 bits per heavy atom. The quantitative estimate of drug-likeness (QED) is 0.282. The second-order valence-electron chi connectivity index (χ2n) is 7.29. The van der Waals surface area contributed by atoms with Gasteiger partial charge in [-0.1, -0.05) is 31.0 Å². The predicted molar refractivity (Wildman–Crippen MR) is 121 cm³/mol. The Morgan fingerprint density at radius 2 is 1.94 bits per heavy atom. The van der Waals surface area contributed by atoms with Gasteiger partial charge in [0.25, 0.3) is 5.91 Å². The normalized spacial score (nSPS) is 11.0. The van der Waals surface area contributed by atoms with Crippen LogP contribution in [0.15, 0.2) is 29.2 Å². The Labute approximate surface area is 196 Å². The number of rotatable bonds is 12. The van der Waals surface area contributed by atoms with Crippen molar-refractivity contribution < 1.29 is 28.2 Å². The standard InChI is InChI=1S/C23H28ClFN2O6/c1-5-6-9-33-22-20(23(30)26-11-15-7-8-18(25)17(24)10-15)27(13-19(31-3)32-4)12-16(14(2)28)21(22)29/h7-8,10,12,19H,5-6,9,11,13H2,1-4H3,(H,26,30). The predicted octanol–water partition coefficient (Wildman–Crippen LogP) is 3.57. The molecule has 33 heavy (non-hydrogen) atoms. The summed E-state index contributed by atoms with van der Waals surface area (Å²) in [5.41, 5.74) is -0.303. The van der Waals surface area contributed by atoms with Crippen LogP contribution < -0.4 is 15.5 Å². The smallest absolute Gasteiger partial charge is 0.272 e. The highest BCUT2D eigenvalue weighted by Crippen LogP contribution is 2.19. The fraction of sp³-hybridized carbons (Fsp3) is 0.435. The molecule has 1 N–H and O–H groups in total. The topological polar surface area (TPSA) is 95.9 Å².